The van der Waals surface area contributed by atoms with E-state index in [2.05, 4.69) is 20.9 Å². The minimum absolute atomic E-state index is 0.0886. The fraction of sp³-hybridized carbons (Fsp3) is 0.158. The molecule has 0 N–H and O–H groups in total. The summed E-state index contributed by atoms with van der Waals surface area (Å²) in [5.41, 5.74) is 2.05. The van der Waals surface area contributed by atoms with Crippen LogP contribution < -0.4 is 0 Å². The van der Waals surface area contributed by atoms with E-state index in [0.717, 1.165) is 26.0 Å². The molecule has 2 aromatic carbocycles. The van der Waals surface area contributed by atoms with Gasteiger partial charge in [-0.15, -0.1) is 0 Å². The van der Waals surface area contributed by atoms with Gasteiger partial charge in [0.2, 0.25) is 5.91 Å². The van der Waals surface area contributed by atoms with Crippen molar-refractivity contribution in [2.45, 2.75) is 11.6 Å². The van der Waals surface area contributed by atoms with E-state index in [4.69, 9.17) is 0 Å². The molecule has 3 nitrogen and oxygen atoms in total. The maximum Gasteiger partial charge on any atom is 0.233 e. The third kappa shape index (κ3) is 4.16. The molecule has 0 bridgehead atoms. The van der Waals surface area contributed by atoms with E-state index in [-0.39, 0.29) is 5.91 Å². The lowest BCUT2D eigenvalue weighted by molar-refractivity contribution is -0.127. The van der Waals surface area contributed by atoms with Gasteiger partial charge in [-0.25, -0.2) is 4.98 Å². The molecular formula is C19H17BrN2OS. The summed E-state index contributed by atoms with van der Waals surface area (Å²) in [6, 6.07) is 20.0. The van der Waals surface area contributed by atoms with E-state index in [9.17, 15) is 4.79 Å². The molecule has 1 aromatic heterocycles. The van der Waals surface area contributed by atoms with E-state index in [0.29, 0.717) is 12.3 Å². The monoisotopic (exact) mass is 400 g/mol. The van der Waals surface area contributed by atoms with Crippen LogP contribution in [0.5, 0.6) is 0 Å². The molecule has 1 heterocycles. The van der Waals surface area contributed by atoms with Gasteiger partial charge in [0.1, 0.15) is 0 Å². The number of aromatic nitrogens is 1. The van der Waals surface area contributed by atoms with Gasteiger partial charge in [-0.2, -0.15) is 0 Å². The van der Waals surface area contributed by atoms with Crippen LogP contribution in [0.1, 0.15) is 5.56 Å². The third-order valence-corrected chi connectivity index (χ3v) is 5.40. The molecule has 24 heavy (non-hydrogen) atoms. The van der Waals surface area contributed by atoms with Crippen LogP contribution in [0, 0.1) is 0 Å². The quantitative estimate of drug-likeness (QED) is 0.579. The smallest absolute Gasteiger partial charge is 0.233 e. The Morgan fingerprint density at radius 3 is 2.67 bits per heavy atom. The van der Waals surface area contributed by atoms with E-state index >= 15 is 0 Å². The van der Waals surface area contributed by atoms with Crippen molar-refractivity contribution >= 4 is 44.5 Å². The molecule has 0 radical (unpaired) electrons. The highest BCUT2D eigenvalue weighted by atomic mass is 79.9. The summed E-state index contributed by atoms with van der Waals surface area (Å²) < 4.78 is 1.02. The van der Waals surface area contributed by atoms with E-state index in [1.807, 2.05) is 67.7 Å². The van der Waals surface area contributed by atoms with Gasteiger partial charge in [0.15, 0.2) is 0 Å². The van der Waals surface area contributed by atoms with Crippen molar-refractivity contribution in [3.63, 3.8) is 0 Å². The van der Waals surface area contributed by atoms with Crippen LogP contribution in [-0.2, 0) is 11.3 Å². The van der Waals surface area contributed by atoms with Crippen LogP contribution in [-0.4, -0.2) is 28.6 Å². The van der Waals surface area contributed by atoms with Crippen molar-refractivity contribution in [3.8, 4) is 0 Å². The zero-order valence-corrected chi connectivity index (χ0v) is 15.7. The summed E-state index contributed by atoms with van der Waals surface area (Å²) in [7, 11) is 1.83. The topological polar surface area (TPSA) is 33.2 Å². The summed E-state index contributed by atoms with van der Waals surface area (Å²) >= 11 is 4.99. The number of fused-ring (bicyclic) bond motifs is 1. The maximum absolute atomic E-state index is 12.4. The number of nitrogens with zero attached hydrogens (tertiary/aromatic N) is 2. The average Bonchev–Trinajstić information content (AvgIpc) is 2.61. The van der Waals surface area contributed by atoms with Gasteiger partial charge in [-0.05, 0) is 23.8 Å². The van der Waals surface area contributed by atoms with Gasteiger partial charge in [-0.3, -0.25) is 4.79 Å². The Morgan fingerprint density at radius 1 is 1.08 bits per heavy atom. The van der Waals surface area contributed by atoms with Gasteiger partial charge in [0.05, 0.1) is 16.3 Å². The molecule has 5 heteroatoms. The summed E-state index contributed by atoms with van der Waals surface area (Å²) in [5, 5.41) is 1.98. The molecule has 3 rings (SSSR count). The first-order valence-electron chi connectivity index (χ1n) is 7.59. The van der Waals surface area contributed by atoms with Crippen molar-refractivity contribution in [3.05, 3.63) is 70.7 Å². The summed E-state index contributed by atoms with van der Waals surface area (Å²) in [6.45, 7) is 0.589. The summed E-state index contributed by atoms with van der Waals surface area (Å²) in [4.78, 5) is 18.7. The number of hydrogen-bond donors (Lipinski definition) is 0. The standard InChI is InChI=1S/C19H17BrN2OS/c1-22(12-15-7-2-4-8-16(15)20)19(23)13-24-18-11-10-14-6-3-5-9-17(14)21-18/h2-11H,12-13H2,1H3. The molecule has 0 aliphatic heterocycles. The van der Waals surface area contributed by atoms with Gasteiger partial charge < -0.3 is 4.90 Å². The van der Waals surface area contributed by atoms with Crippen molar-refractivity contribution in [2.75, 3.05) is 12.8 Å². The predicted octanol–water partition coefficient (Wildman–Crippen LogP) is 4.75. The zero-order valence-electron chi connectivity index (χ0n) is 13.3. The molecular weight excluding hydrogens is 384 g/mol. The molecule has 0 aliphatic carbocycles. The first-order valence-corrected chi connectivity index (χ1v) is 9.37. The van der Waals surface area contributed by atoms with E-state index in [1.165, 1.54) is 11.8 Å². The second-order valence-corrected chi connectivity index (χ2v) is 7.32. The third-order valence-electron chi connectivity index (χ3n) is 3.71. The highest BCUT2D eigenvalue weighted by molar-refractivity contribution is 9.10. The highest BCUT2D eigenvalue weighted by Gasteiger charge is 2.12. The molecule has 0 spiro atoms. The molecule has 0 aliphatic rings. The molecule has 0 unspecified atom stereocenters. The molecule has 122 valence electrons. The highest BCUT2D eigenvalue weighted by Crippen LogP contribution is 2.21. The SMILES string of the molecule is CN(Cc1ccccc1Br)C(=O)CSc1ccc2ccccc2n1. The minimum Gasteiger partial charge on any atom is -0.341 e. The van der Waals surface area contributed by atoms with Gasteiger partial charge >= 0.3 is 0 Å². The van der Waals surface area contributed by atoms with Crippen LogP contribution in [0.4, 0.5) is 0 Å². The number of halogens is 1. The van der Waals surface area contributed by atoms with E-state index in [1.54, 1.807) is 4.90 Å². The maximum atomic E-state index is 12.4. The number of pyridine rings is 1. The van der Waals surface area contributed by atoms with Crippen molar-refractivity contribution in [1.29, 1.82) is 0 Å². The van der Waals surface area contributed by atoms with Crippen LogP contribution in [0.3, 0.4) is 0 Å². The number of rotatable bonds is 5. The number of carbonyl (C=O) groups excluding carboxylic acids is 1. The second kappa shape index (κ2) is 7.81. The van der Waals surface area contributed by atoms with Crippen molar-refractivity contribution in [1.82, 2.24) is 9.88 Å². The molecule has 1 amide bonds. The molecule has 3 aromatic rings. The minimum atomic E-state index is 0.0886. The number of hydrogen-bond acceptors (Lipinski definition) is 3. The fourth-order valence-corrected chi connectivity index (χ4v) is 3.57. The Bertz CT molecular complexity index is 869. The molecule has 0 saturated carbocycles. The lowest BCUT2D eigenvalue weighted by atomic mass is 10.2. The number of para-hydroxylation sites is 1. The zero-order chi connectivity index (χ0) is 16.9. The van der Waals surface area contributed by atoms with Crippen LogP contribution in [0.15, 0.2) is 70.2 Å². The first-order chi connectivity index (χ1) is 11.6. The Hall–Kier alpha value is -1.85. The Balaban J connectivity index is 1.60. The van der Waals surface area contributed by atoms with Crippen molar-refractivity contribution < 1.29 is 4.79 Å². The lowest BCUT2D eigenvalue weighted by Crippen LogP contribution is -2.27. The number of amides is 1. The van der Waals surface area contributed by atoms with Gasteiger partial charge in [0, 0.05) is 23.5 Å². The van der Waals surface area contributed by atoms with Crippen molar-refractivity contribution in [2.24, 2.45) is 0 Å². The summed E-state index contributed by atoms with van der Waals surface area (Å²) in [6.07, 6.45) is 0. The number of benzene rings is 2. The number of carbonyl (C=O) groups is 1. The normalized spacial score (nSPS) is 10.8. The first kappa shape index (κ1) is 17.0. The largest absolute Gasteiger partial charge is 0.341 e. The lowest BCUT2D eigenvalue weighted by Gasteiger charge is -2.17. The van der Waals surface area contributed by atoms with Crippen LogP contribution in [0.25, 0.3) is 10.9 Å². The predicted molar refractivity (Wildman–Crippen MR) is 103 cm³/mol. The van der Waals surface area contributed by atoms with E-state index < -0.39 is 0 Å². The van der Waals surface area contributed by atoms with Crippen LogP contribution in [0.2, 0.25) is 0 Å². The molecule has 0 fully saturated rings. The van der Waals surface area contributed by atoms with Crippen LogP contribution >= 0.6 is 27.7 Å². The Labute approximate surface area is 154 Å². The van der Waals surface area contributed by atoms with Gasteiger partial charge in [0.25, 0.3) is 0 Å². The average molecular weight is 401 g/mol. The molecule has 0 saturated heterocycles. The number of thioether (sulfide) groups is 1. The van der Waals surface area contributed by atoms with Gasteiger partial charge in [-0.1, -0.05) is 70.2 Å². The second-order valence-electron chi connectivity index (χ2n) is 5.47. The fourth-order valence-electron chi connectivity index (χ4n) is 2.34. The Morgan fingerprint density at radius 2 is 1.83 bits per heavy atom. The summed E-state index contributed by atoms with van der Waals surface area (Å²) in [5.74, 6) is 0.470. The Kier molecular flexibility index (Phi) is 5.53. The molecule has 0 atom stereocenters.